The zero-order valence-electron chi connectivity index (χ0n) is 11.6. The van der Waals surface area contributed by atoms with Gasteiger partial charge in [-0.3, -0.25) is 4.79 Å². The van der Waals surface area contributed by atoms with Crippen LogP contribution in [0.2, 0.25) is 0 Å². The number of benzene rings is 1. The van der Waals surface area contributed by atoms with Gasteiger partial charge in [-0.25, -0.2) is 4.98 Å². The van der Waals surface area contributed by atoms with Crippen molar-refractivity contribution in [2.75, 3.05) is 11.4 Å². The van der Waals surface area contributed by atoms with Gasteiger partial charge in [0.1, 0.15) is 0 Å². The Morgan fingerprint density at radius 2 is 2.14 bits per heavy atom. The average Bonchev–Trinajstić information content (AvgIpc) is 2.90. The van der Waals surface area contributed by atoms with Gasteiger partial charge in [0.15, 0.2) is 5.13 Å². The third-order valence-electron chi connectivity index (χ3n) is 2.93. The van der Waals surface area contributed by atoms with Crippen molar-refractivity contribution in [3.8, 4) is 6.07 Å². The summed E-state index contributed by atoms with van der Waals surface area (Å²) in [5.74, 6) is -0.826. The number of thiazole rings is 1. The Morgan fingerprint density at radius 3 is 2.67 bits per heavy atom. The van der Waals surface area contributed by atoms with E-state index < -0.39 is 5.97 Å². The number of carbonyl (C=O) groups is 1. The predicted molar refractivity (Wildman–Crippen MR) is 81.3 cm³/mol. The number of hydrogen-bond acceptors (Lipinski definition) is 5. The maximum Gasteiger partial charge on any atom is 0.305 e. The fourth-order valence-electron chi connectivity index (χ4n) is 1.86. The molecule has 0 bridgehead atoms. The zero-order chi connectivity index (χ0) is 15.2. The maximum atomic E-state index is 10.8. The van der Waals surface area contributed by atoms with Crippen LogP contribution in [0.3, 0.4) is 0 Å². The number of hydrogen-bond donors (Lipinski definition) is 1. The first-order valence-corrected chi connectivity index (χ1v) is 7.34. The Hall–Kier alpha value is -2.39. The molecular weight excluding hydrogens is 286 g/mol. The van der Waals surface area contributed by atoms with E-state index in [2.05, 4.69) is 11.1 Å². The van der Waals surface area contributed by atoms with Crippen LogP contribution in [0.5, 0.6) is 0 Å². The van der Waals surface area contributed by atoms with Gasteiger partial charge in [0.2, 0.25) is 0 Å². The lowest BCUT2D eigenvalue weighted by Gasteiger charge is -2.21. The van der Waals surface area contributed by atoms with E-state index in [1.807, 2.05) is 29.3 Å². The molecule has 108 valence electrons. The van der Waals surface area contributed by atoms with E-state index >= 15 is 0 Å². The number of carboxylic acids is 1. The van der Waals surface area contributed by atoms with Gasteiger partial charge in [-0.2, -0.15) is 5.26 Å². The van der Waals surface area contributed by atoms with E-state index in [1.165, 1.54) is 11.3 Å². The lowest BCUT2D eigenvalue weighted by Crippen LogP contribution is -2.25. The molecule has 1 aromatic heterocycles. The second-order valence-corrected chi connectivity index (χ2v) is 5.48. The Kier molecular flexibility index (Phi) is 4.90. The molecule has 0 saturated heterocycles. The van der Waals surface area contributed by atoms with Crippen LogP contribution in [-0.2, 0) is 11.3 Å². The molecule has 5 nitrogen and oxygen atoms in total. The first kappa shape index (κ1) is 15.0. The Balaban J connectivity index is 2.14. The normalized spacial score (nSPS) is 10.1. The van der Waals surface area contributed by atoms with Crippen molar-refractivity contribution in [1.29, 1.82) is 5.26 Å². The van der Waals surface area contributed by atoms with Gasteiger partial charge in [0, 0.05) is 18.5 Å². The fourth-order valence-corrected chi connectivity index (χ4v) is 2.70. The molecular formula is C15H15N3O2S. The SMILES string of the molecule is Cc1csc(N(CCC(=O)O)Cc2ccc(C#N)cc2)n1. The van der Waals surface area contributed by atoms with Crippen molar-refractivity contribution >= 4 is 22.4 Å². The molecule has 0 atom stereocenters. The van der Waals surface area contributed by atoms with Crippen molar-refractivity contribution in [2.24, 2.45) is 0 Å². The number of rotatable bonds is 6. The second kappa shape index (κ2) is 6.86. The molecule has 0 aliphatic rings. The smallest absolute Gasteiger partial charge is 0.305 e. The molecule has 0 aliphatic carbocycles. The number of aryl methyl sites for hydroxylation is 1. The largest absolute Gasteiger partial charge is 0.481 e. The zero-order valence-corrected chi connectivity index (χ0v) is 12.4. The molecule has 0 saturated carbocycles. The van der Waals surface area contributed by atoms with Crippen LogP contribution in [0.1, 0.15) is 23.2 Å². The molecule has 1 aromatic carbocycles. The molecule has 6 heteroatoms. The summed E-state index contributed by atoms with van der Waals surface area (Å²) < 4.78 is 0. The van der Waals surface area contributed by atoms with E-state index in [0.29, 0.717) is 18.7 Å². The van der Waals surface area contributed by atoms with Crippen LogP contribution in [-0.4, -0.2) is 22.6 Å². The molecule has 2 aromatic rings. The minimum Gasteiger partial charge on any atom is -0.481 e. The minimum atomic E-state index is -0.826. The number of nitrogens with zero attached hydrogens (tertiary/aromatic N) is 3. The summed E-state index contributed by atoms with van der Waals surface area (Å²) in [7, 11) is 0. The van der Waals surface area contributed by atoms with Gasteiger partial charge < -0.3 is 10.0 Å². The molecule has 0 spiro atoms. The van der Waals surface area contributed by atoms with Crippen molar-refractivity contribution in [2.45, 2.75) is 19.9 Å². The van der Waals surface area contributed by atoms with Crippen LogP contribution in [0.25, 0.3) is 0 Å². The van der Waals surface area contributed by atoms with Gasteiger partial charge in [-0.1, -0.05) is 12.1 Å². The molecule has 0 fully saturated rings. The van der Waals surface area contributed by atoms with E-state index in [4.69, 9.17) is 10.4 Å². The van der Waals surface area contributed by atoms with Crippen LogP contribution >= 0.6 is 11.3 Å². The summed E-state index contributed by atoms with van der Waals surface area (Å²) in [4.78, 5) is 17.2. The van der Waals surface area contributed by atoms with Gasteiger partial charge in [0.05, 0.1) is 23.7 Å². The van der Waals surface area contributed by atoms with E-state index in [0.717, 1.165) is 16.4 Å². The first-order chi connectivity index (χ1) is 10.1. The lowest BCUT2D eigenvalue weighted by atomic mass is 10.1. The van der Waals surface area contributed by atoms with Gasteiger partial charge in [-0.15, -0.1) is 11.3 Å². The van der Waals surface area contributed by atoms with E-state index in [-0.39, 0.29) is 6.42 Å². The van der Waals surface area contributed by atoms with E-state index in [9.17, 15) is 4.79 Å². The third kappa shape index (κ3) is 4.29. The van der Waals surface area contributed by atoms with Crippen LogP contribution in [0, 0.1) is 18.3 Å². The summed E-state index contributed by atoms with van der Waals surface area (Å²) in [5.41, 5.74) is 2.56. The second-order valence-electron chi connectivity index (χ2n) is 4.65. The van der Waals surface area contributed by atoms with Crippen molar-refractivity contribution in [3.05, 3.63) is 46.5 Å². The van der Waals surface area contributed by atoms with Gasteiger partial charge >= 0.3 is 5.97 Å². The van der Waals surface area contributed by atoms with Crippen molar-refractivity contribution < 1.29 is 9.90 Å². The summed E-state index contributed by atoms with van der Waals surface area (Å²) in [6, 6.07) is 9.37. The molecule has 21 heavy (non-hydrogen) atoms. The summed E-state index contributed by atoms with van der Waals surface area (Å²) in [6.07, 6.45) is 0.0644. The molecule has 0 aliphatic heterocycles. The Labute approximate surface area is 127 Å². The summed E-state index contributed by atoms with van der Waals surface area (Å²) in [6.45, 7) is 2.89. The predicted octanol–water partition coefficient (Wildman–Crippen LogP) is 2.80. The number of aliphatic carboxylic acids is 1. The topological polar surface area (TPSA) is 77.2 Å². The van der Waals surface area contributed by atoms with Crippen molar-refractivity contribution in [3.63, 3.8) is 0 Å². The highest BCUT2D eigenvalue weighted by molar-refractivity contribution is 7.13. The lowest BCUT2D eigenvalue weighted by molar-refractivity contribution is -0.136. The number of carboxylic acid groups (broad SMARTS) is 1. The summed E-state index contributed by atoms with van der Waals surface area (Å²) >= 11 is 1.51. The standard InChI is InChI=1S/C15H15N3O2S/c1-11-10-21-15(17-11)18(7-6-14(19)20)9-13-4-2-12(8-16)3-5-13/h2-5,10H,6-7,9H2,1H3,(H,19,20). The first-order valence-electron chi connectivity index (χ1n) is 6.46. The summed E-state index contributed by atoms with van der Waals surface area (Å²) in [5, 5.41) is 20.4. The fraction of sp³-hybridized carbons (Fsp3) is 0.267. The average molecular weight is 301 g/mol. The Morgan fingerprint density at radius 1 is 1.43 bits per heavy atom. The number of aromatic nitrogens is 1. The third-order valence-corrected chi connectivity index (χ3v) is 3.95. The highest BCUT2D eigenvalue weighted by Gasteiger charge is 2.12. The quantitative estimate of drug-likeness (QED) is 0.887. The highest BCUT2D eigenvalue weighted by Crippen LogP contribution is 2.22. The molecule has 1 heterocycles. The molecule has 1 N–H and O–H groups in total. The molecule has 0 unspecified atom stereocenters. The molecule has 0 amide bonds. The van der Waals surface area contributed by atoms with Crippen LogP contribution in [0.4, 0.5) is 5.13 Å². The van der Waals surface area contributed by atoms with Crippen LogP contribution in [0.15, 0.2) is 29.6 Å². The number of nitriles is 1. The molecule has 2 rings (SSSR count). The van der Waals surface area contributed by atoms with Crippen LogP contribution < -0.4 is 4.90 Å². The van der Waals surface area contributed by atoms with E-state index in [1.54, 1.807) is 12.1 Å². The Bertz CT molecular complexity index is 658. The van der Waals surface area contributed by atoms with Crippen molar-refractivity contribution in [1.82, 2.24) is 4.98 Å². The monoisotopic (exact) mass is 301 g/mol. The minimum absolute atomic E-state index is 0.0644. The van der Waals surface area contributed by atoms with Gasteiger partial charge in [0.25, 0.3) is 0 Å². The maximum absolute atomic E-state index is 10.8. The molecule has 0 radical (unpaired) electrons. The van der Waals surface area contributed by atoms with Gasteiger partial charge in [-0.05, 0) is 24.6 Å². The number of anilines is 1. The highest BCUT2D eigenvalue weighted by atomic mass is 32.1.